The Morgan fingerprint density at radius 1 is 1.60 bits per heavy atom. The van der Waals surface area contributed by atoms with E-state index in [1.165, 1.54) is 0 Å². The van der Waals surface area contributed by atoms with Gasteiger partial charge < -0.3 is 10.0 Å². The predicted octanol–water partition coefficient (Wildman–Crippen LogP) is 1.09. The van der Waals surface area contributed by atoms with E-state index in [1.807, 2.05) is 13.8 Å². The Morgan fingerprint density at radius 3 is 2.80 bits per heavy atom. The van der Waals surface area contributed by atoms with Gasteiger partial charge in [-0.3, -0.25) is 4.79 Å². The number of nitrogens with zero attached hydrogens (tertiary/aromatic N) is 1. The van der Waals surface area contributed by atoms with Gasteiger partial charge in [-0.1, -0.05) is 6.58 Å². The second-order valence-corrected chi connectivity index (χ2v) is 4.62. The SMILES string of the molecule is C=C=C1CCC2C(=O)N(C(C)C)C1C2O. The minimum Gasteiger partial charge on any atom is -0.390 e. The van der Waals surface area contributed by atoms with Crippen molar-refractivity contribution < 1.29 is 9.90 Å². The second kappa shape index (κ2) is 3.51. The number of amides is 1. The molecule has 0 aromatic rings. The molecule has 1 aliphatic heterocycles. The van der Waals surface area contributed by atoms with Gasteiger partial charge in [0.15, 0.2) is 0 Å². The largest absolute Gasteiger partial charge is 0.390 e. The molecule has 2 aliphatic rings. The van der Waals surface area contributed by atoms with Gasteiger partial charge in [-0.15, -0.1) is 5.73 Å². The van der Waals surface area contributed by atoms with Crippen molar-refractivity contribution in [2.24, 2.45) is 5.92 Å². The van der Waals surface area contributed by atoms with E-state index in [4.69, 9.17) is 0 Å². The maximum absolute atomic E-state index is 12.0. The Bertz CT molecular complexity index is 342. The van der Waals surface area contributed by atoms with E-state index in [-0.39, 0.29) is 23.9 Å². The molecule has 1 heterocycles. The first kappa shape index (κ1) is 10.5. The number of fused-ring (bicyclic) bond motifs is 2. The third kappa shape index (κ3) is 1.35. The number of aliphatic hydroxyl groups excluding tert-OH is 1. The Labute approximate surface area is 90.1 Å². The zero-order valence-corrected chi connectivity index (χ0v) is 9.23. The lowest BCUT2D eigenvalue weighted by molar-refractivity contribution is -0.133. The van der Waals surface area contributed by atoms with Crippen LogP contribution >= 0.6 is 0 Å². The molecule has 1 amide bonds. The van der Waals surface area contributed by atoms with Gasteiger partial charge in [0.1, 0.15) is 0 Å². The van der Waals surface area contributed by atoms with Crippen molar-refractivity contribution in [3.8, 4) is 0 Å². The molecule has 2 fully saturated rings. The molecule has 3 unspecified atom stereocenters. The van der Waals surface area contributed by atoms with Crippen LogP contribution in [-0.4, -0.2) is 34.1 Å². The smallest absolute Gasteiger partial charge is 0.229 e. The van der Waals surface area contributed by atoms with Crippen LogP contribution in [0.15, 0.2) is 17.9 Å². The van der Waals surface area contributed by atoms with E-state index >= 15 is 0 Å². The first-order valence-corrected chi connectivity index (χ1v) is 5.47. The van der Waals surface area contributed by atoms with Crippen LogP contribution in [0.2, 0.25) is 0 Å². The van der Waals surface area contributed by atoms with Crippen LogP contribution in [0.1, 0.15) is 26.7 Å². The normalized spacial score (nSPS) is 34.9. The molecule has 3 nitrogen and oxygen atoms in total. The standard InChI is InChI=1S/C12H17NO2/c1-4-8-5-6-9-11(14)10(8)13(7(2)3)12(9)15/h7,9-11,14H,1,5-6H2,2-3H3. The van der Waals surface area contributed by atoms with Crippen molar-refractivity contribution in [2.45, 2.75) is 44.9 Å². The monoisotopic (exact) mass is 207 g/mol. The molecule has 1 saturated heterocycles. The summed E-state index contributed by atoms with van der Waals surface area (Å²) < 4.78 is 0. The molecule has 1 N–H and O–H groups in total. The topological polar surface area (TPSA) is 40.5 Å². The Hall–Kier alpha value is -1.05. The van der Waals surface area contributed by atoms with Gasteiger partial charge in [-0.05, 0) is 32.3 Å². The summed E-state index contributed by atoms with van der Waals surface area (Å²) in [5.41, 5.74) is 3.86. The lowest BCUT2D eigenvalue weighted by Crippen LogP contribution is -2.43. The minimum atomic E-state index is -0.558. The molecule has 15 heavy (non-hydrogen) atoms. The number of hydrogen-bond acceptors (Lipinski definition) is 2. The molecule has 82 valence electrons. The first-order valence-electron chi connectivity index (χ1n) is 5.47. The summed E-state index contributed by atoms with van der Waals surface area (Å²) >= 11 is 0. The van der Waals surface area contributed by atoms with Crippen LogP contribution in [0.4, 0.5) is 0 Å². The summed E-state index contributed by atoms with van der Waals surface area (Å²) in [6, 6.07) is -0.0441. The van der Waals surface area contributed by atoms with Crippen molar-refractivity contribution in [2.75, 3.05) is 0 Å². The zero-order chi connectivity index (χ0) is 11.2. The highest BCUT2D eigenvalue weighted by Crippen LogP contribution is 2.40. The van der Waals surface area contributed by atoms with Gasteiger partial charge in [0.05, 0.1) is 18.1 Å². The van der Waals surface area contributed by atoms with Gasteiger partial charge in [0.2, 0.25) is 5.91 Å². The Morgan fingerprint density at radius 2 is 2.27 bits per heavy atom. The number of aliphatic hydroxyl groups is 1. The van der Waals surface area contributed by atoms with Crippen molar-refractivity contribution in [1.82, 2.24) is 4.90 Å². The van der Waals surface area contributed by atoms with Crippen LogP contribution in [0.3, 0.4) is 0 Å². The summed E-state index contributed by atoms with van der Waals surface area (Å²) in [5.74, 6) is -0.109. The van der Waals surface area contributed by atoms with E-state index in [0.717, 1.165) is 18.4 Å². The van der Waals surface area contributed by atoms with E-state index < -0.39 is 6.10 Å². The quantitative estimate of drug-likeness (QED) is 0.654. The van der Waals surface area contributed by atoms with Crippen molar-refractivity contribution in [3.05, 3.63) is 17.9 Å². The molecule has 0 aromatic carbocycles. The summed E-state index contributed by atoms with van der Waals surface area (Å²) in [6.07, 6.45) is 1.01. The molecule has 1 saturated carbocycles. The fraction of sp³-hybridized carbons (Fsp3) is 0.667. The first-order chi connectivity index (χ1) is 7.07. The predicted molar refractivity (Wildman–Crippen MR) is 57.2 cm³/mol. The summed E-state index contributed by atoms with van der Waals surface area (Å²) in [6.45, 7) is 7.60. The third-order valence-electron chi connectivity index (χ3n) is 3.47. The molecule has 1 aliphatic carbocycles. The second-order valence-electron chi connectivity index (χ2n) is 4.62. The lowest BCUT2D eigenvalue weighted by atomic mass is 9.84. The van der Waals surface area contributed by atoms with E-state index in [0.29, 0.717) is 0 Å². The average Bonchev–Trinajstić information content (AvgIpc) is 2.36. The third-order valence-corrected chi connectivity index (χ3v) is 3.47. The van der Waals surface area contributed by atoms with Gasteiger partial charge in [-0.25, -0.2) is 0 Å². The fourth-order valence-corrected chi connectivity index (χ4v) is 2.76. The van der Waals surface area contributed by atoms with Gasteiger partial charge in [0, 0.05) is 6.04 Å². The molecule has 3 heteroatoms. The van der Waals surface area contributed by atoms with Gasteiger partial charge in [-0.2, -0.15) is 0 Å². The molecule has 0 radical (unpaired) electrons. The van der Waals surface area contributed by atoms with Crippen molar-refractivity contribution >= 4 is 5.91 Å². The highest BCUT2D eigenvalue weighted by atomic mass is 16.3. The molecule has 0 aromatic heterocycles. The maximum atomic E-state index is 12.0. The van der Waals surface area contributed by atoms with E-state index in [2.05, 4.69) is 12.3 Å². The highest BCUT2D eigenvalue weighted by Gasteiger charge is 2.52. The number of carbonyl (C=O) groups excluding carboxylic acids is 1. The van der Waals surface area contributed by atoms with Crippen LogP contribution in [0, 0.1) is 5.92 Å². The summed E-state index contributed by atoms with van der Waals surface area (Å²) in [5, 5.41) is 10.0. The van der Waals surface area contributed by atoms with Crippen LogP contribution in [-0.2, 0) is 4.79 Å². The number of rotatable bonds is 1. The molecular formula is C12H17NO2. The molecule has 2 rings (SSSR count). The average molecular weight is 207 g/mol. The van der Waals surface area contributed by atoms with Crippen LogP contribution < -0.4 is 0 Å². The maximum Gasteiger partial charge on any atom is 0.229 e. The number of likely N-dealkylation sites (tertiary alicyclic amines) is 1. The summed E-state index contributed by atoms with van der Waals surface area (Å²) in [4.78, 5) is 13.8. The number of hydrogen-bond donors (Lipinski definition) is 1. The lowest BCUT2D eigenvalue weighted by Gasteiger charge is -2.31. The molecule has 3 atom stereocenters. The van der Waals surface area contributed by atoms with E-state index in [1.54, 1.807) is 4.90 Å². The van der Waals surface area contributed by atoms with Crippen molar-refractivity contribution in [3.63, 3.8) is 0 Å². The molecule has 2 bridgehead atoms. The minimum absolute atomic E-state index is 0.0905. The molecular weight excluding hydrogens is 190 g/mol. The van der Waals surface area contributed by atoms with E-state index in [9.17, 15) is 9.90 Å². The summed E-state index contributed by atoms with van der Waals surface area (Å²) in [7, 11) is 0. The molecule has 0 spiro atoms. The van der Waals surface area contributed by atoms with Gasteiger partial charge in [0.25, 0.3) is 0 Å². The van der Waals surface area contributed by atoms with Gasteiger partial charge >= 0.3 is 0 Å². The van der Waals surface area contributed by atoms with Crippen LogP contribution in [0.5, 0.6) is 0 Å². The fourth-order valence-electron chi connectivity index (χ4n) is 2.76. The Balaban J connectivity index is 2.42. The number of carbonyl (C=O) groups is 1. The van der Waals surface area contributed by atoms with Crippen LogP contribution in [0.25, 0.3) is 0 Å². The zero-order valence-electron chi connectivity index (χ0n) is 9.23. The van der Waals surface area contributed by atoms with Crippen molar-refractivity contribution in [1.29, 1.82) is 0 Å². The Kier molecular flexibility index (Phi) is 2.45. The highest BCUT2D eigenvalue weighted by molar-refractivity contribution is 5.84.